The molecule has 1 fully saturated rings. The molecule has 25 heavy (non-hydrogen) atoms. The van der Waals surface area contributed by atoms with Crippen LogP contribution in [-0.4, -0.2) is 50.6 Å². The minimum Gasteiger partial charge on any atom is -0.497 e. The summed E-state index contributed by atoms with van der Waals surface area (Å²) in [6, 6.07) is 5.22. The molecular weight excluding hydrogens is 320 g/mol. The summed E-state index contributed by atoms with van der Waals surface area (Å²) in [7, 11) is 3.13. The Morgan fingerprint density at radius 3 is 2.68 bits per heavy atom. The van der Waals surface area contributed by atoms with Gasteiger partial charge in [0.15, 0.2) is 0 Å². The molecule has 1 saturated heterocycles. The van der Waals surface area contributed by atoms with Gasteiger partial charge in [0.25, 0.3) is 5.91 Å². The zero-order valence-electron chi connectivity index (χ0n) is 15.5. The Labute approximate surface area is 149 Å². The summed E-state index contributed by atoms with van der Waals surface area (Å²) in [6.45, 7) is 5.74. The van der Waals surface area contributed by atoms with Gasteiger partial charge in [-0.2, -0.15) is 0 Å². The smallest absolute Gasteiger partial charge is 0.257 e. The summed E-state index contributed by atoms with van der Waals surface area (Å²) in [5.41, 5.74) is 0.537. The molecule has 0 bridgehead atoms. The second kappa shape index (κ2) is 8.74. The number of nitrogens with one attached hydrogen (secondary N) is 1. The molecule has 1 N–H and O–H groups in total. The number of hydrogen-bond acceptors (Lipinski definition) is 4. The van der Waals surface area contributed by atoms with Gasteiger partial charge >= 0.3 is 0 Å². The van der Waals surface area contributed by atoms with Gasteiger partial charge in [-0.3, -0.25) is 9.59 Å². The van der Waals surface area contributed by atoms with E-state index in [1.807, 2.05) is 18.7 Å². The van der Waals surface area contributed by atoms with Crippen molar-refractivity contribution >= 4 is 11.8 Å². The van der Waals surface area contributed by atoms with E-state index >= 15 is 0 Å². The number of ether oxygens (including phenoxy) is 2. The molecule has 1 aromatic rings. The maximum atomic E-state index is 12.9. The van der Waals surface area contributed by atoms with Gasteiger partial charge in [-0.15, -0.1) is 0 Å². The van der Waals surface area contributed by atoms with Crippen molar-refractivity contribution in [3.05, 3.63) is 23.8 Å². The Hall–Kier alpha value is -2.24. The van der Waals surface area contributed by atoms with Crippen LogP contribution in [0.3, 0.4) is 0 Å². The molecule has 0 unspecified atom stereocenters. The molecular formula is C19H28N2O4. The second-order valence-electron chi connectivity index (χ2n) is 6.73. The Balaban J connectivity index is 2.03. The zero-order chi connectivity index (χ0) is 18.4. The molecule has 1 atom stereocenters. The van der Waals surface area contributed by atoms with Crippen molar-refractivity contribution in [3.8, 4) is 11.5 Å². The number of benzene rings is 1. The van der Waals surface area contributed by atoms with E-state index in [2.05, 4.69) is 5.32 Å². The minimum atomic E-state index is -0.0422. The predicted octanol–water partition coefficient (Wildman–Crippen LogP) is 2.33. The van der Waals surface area contributed by atoms with E-state index in [1.165, 1.54) is 0 Å². The highest BCUT2D eigenvalue weighted by atomic mass is 16.5. The fourth-order valence-electron chi connectivity index (χ4n) is 3.01. The van der Waals surface area contributed by atoms with E-state index in [1.54, 1.807) is 32.4 Å². The molecule has 0 saturated carbocycles. The third-order valence-corrected chi connectivity index (χ3v) is 4.53. The van der Waals surface area contributed by atoms with Gasteiger partial charge < -0.3 is 19.7 Å². The first-order valence-electron chi connectivity index (χ1n) is 8.75. The predicted molar refractivity (Wildman–Crippen MR) is 96.0 cm³/mol. The van der Waals surface area contributed by atoms with Crippen molar-refractivity contribution in [1.82, 2.24) is 10.2 Å². The summed E-state index contributed by atoms with van der Waals surface area (Å²) in [6.07, 6.45) is 1.95. The number of piperidine rings is 1. The molecule has 0 aromatic heterocycles. The van der Waals surface area contributed by atoms with Crippen LogP contribution >= 0.6 is 0 Å². The first-order valence-corrected chi connectivity index (χ1v) is 8.75. The molecule has 2 amide bonds. The summed E-state index contributed by atoms with van der Waals surface area (Å²) in [5.74, 6) is 1.44. The van der Waals surface area contributed by atoms with Crippen molar-refractivity contribution in [3.63, 3.8) is 0 Å². The fraction of sp³-hybridized carbons (Fsp3) is 0.579. The van der Waals surface area contributed by atoms with Crippen molar-refractivity contribution in [2.75, 3.05) is 33.9 Å². The lowest BCUT2D eigenvalue weighted by atomic mass is 9.97. The standard InChI is InChI=1S/C19H28N2O4/c1-13(2)18(22)20-11-14-6-5-9-21(12-14)19(23)16-8-7-15(24-3)10-17(16)25-4/h7-8,10,13-14H,5-6,9,11-12H2,1-4H3,(H,20,22)/t14-/m1/s1. The van der Waals surface area contributed by atoms with Gasteiger partial charge in [0.1, 0.15) is 11.5 Å². The van der Waals surface area contributed by atoms with Crippen LogP contribution in [-0.2, 0) is 4.79 Å². The van der Waals surface area contributed by atoms with Gasteiger partial charge in [-0.05, 0) is 30.9 Å². The zero-order valence-corrected chi connectivity index (χ0v) is 15.5. The highest BCUT2D eigenvalue weighted by Gasteiger charge is 2.26. The molecule has 1 aliphatic rings. The largest absolute Gasteiger partial charge is 0.497 e. The van der Waals surface area contributed by atoms with Crippen molar-refractivity contribution in [1.29, 1.82) is 0 Å². The molecule has 6 nitrogen and oxygen atoms in total. The average Bonchev–Trinajstić information content (AvgIpc) is 2.64. The van der Waals surface area contributed by atoms with E-state index in [4.69, 9.17) is 9.47 Å². The lowest BCUT2D eigenvalue weighted by molar-refractivity contribution is -0.124. The number of amides is 2. The van der Waals surface area contributed by atoms with Crippen LogP contribution in [0.1, 0.15) is 37.0 Å². The number of methoxy groups -OCH3 is 2. The van der Waals surface area contributed by atoms with Crippen LogP contribution in [0.25, 0.3) is 0 Å². The average molecular weight is 348 g/mol. The normalized spacial score (nSPS) is 17.3. The molecule has 0 spiro atoms. The summed E-state index contributed by atoms with van der Waals surface area (Å²) < 4.78 is 10.5. The molecule has 1 aromatic carbocycles. The van der Waals surface area contributed by atoms with E-state index < -0.39 is 0 Å². The molecule has 0 aliphatic carbocycles. The summed E-state index contributed by atoms with van der Waals surface area (Å²) >= 11 is 0. The van der Waals surface area contributed by atoms with Crippen LogP contribution in [0.2, 0.25) is 0 Å². The Bertz CT molecular complexity index is 615. The van der Waals surface area contributed by atoms with Gasteiger partial charge in [-0.1, -0.05) is 13.8 Å². The Kier molecular flexibility index (Phi) is 6.67. The van der Waals surface area contributed by atoms with Crippen LogP contribution in [0.5, 0.6) is 11.5 Å². The van der Waals surface area contributed by atoms with Crippen LogP contribution in [0, 0.1) is 11.8 Å². The molecule has 6 heteroatoms. The van der Waals surface area contributed by atoms with Crippen LogP contribution in [0.15, 0.2) is 18.2 Å². The van der Waals surface area contributed by atoms with Gasteiger partial charge in [0.05, 0.1) is 19.8 Å². The second-order valence-corrected chi connectivity index (χ2v) is 6.73. The quantitative estimate of drug-likeness (QED) is 0.857. The number of hydrogen-bond donors (Lipinski definition) is 1. The van der Waals surface area contributed by atoms with Gasteiger partial charge in [0.2, 0.25) is 5.91 Å². The third kappa shape index (κ3) is 4.87. The van der Waals surface area contributed by atoms with E-state index in [0.717, 1.165) is 19.4 Å². The molecule has 1 heterocycles. The minimum absolute atomic E-state index is 0.0233. The van der Waals surface area contributed by atoms with Crippen molar-refractivity contribution in [2.45, 2.75) is 26.7 Å². The Morgan fingerprint density at radius 2 is 2.04 bits per heavy atom. The molecule has 2 rings (SSSR count). The van der Waals surface area contributed by atoms with E-state index in [0.29, 0.717) is 30.2 Å². The first kappa shape index (κ1) is 19.1. The van der Waals surface area contributed by atoms with E-state index in [-0.39, 0.29) is 23.7 Å². The van der Waals surface area contributed by atoms with E-state index in [9.17, 15) is 9.59 Å². The molecule has 138 valence electrons. The molecule has 0 radical (unpaired) electrons. The topological polar surface area (TPSA) is 67.9 Å². The number of likely N-dealkylation sites (tertiary alicyclic amines) is 1. The van der Waals surface area contributed by atoms with Crippen LogP contribution in [0.4, 0.5) is 0 Å². The lowest BCUT2D eigenvalue weighted by Gasteiger charge is -2.33. The monoisotopic (exact) mass is 348 g/mol. The lowest BCUT2D eigenvalue weighted by Crippen LogP contribution is -2.44. The van der Waals surface area contributed by atoms with Crippen molar-refractivity contribution < 1.29 is 19.1 Å². The fourth-order valence-corrected chi connectivity index (χ4v) is 3.01. The highest BCUT2D eigenvalue weighted by Crippen LogP contribution is 2.27. The van der Waals surface area contributed by atoms with Gasteiger partial charge in [0, 0.05) is 31.6 Å². The third-order valence-electron chi connectivity index (χ3n) is 4.53. The van der Waals surface area contributed by atoms with Crippen molar-refractivity contribution in [2.24, 2.45) is 11.8 Å². The maximum Gasteiger partial charge on any atom is 0.257 e. The summed E-state index contributed by atoms with van der Waals surface area (Å²) in [4.78, 5) is 26.5. The number of carbonyl (C=O) groups is 2. The van der Waals surface area contributed by atoms with Gasteiger partial charge in [-0.25, -0.2) is 0 Å². The maximum absolute atomic E-state index is 12.9. The summed E-state index contributed by atoms with van der Waals surface area (Å²) in [5, 5.41) is 2.97. The first-order chi connectivity index (χ1) is 12.0. The number of carbonyl (C=O) groups excluding carboxylic acids is 2. The van der Waals surface area contributed by atoms with Crippen LogP contribution < -0.4 is 14.8 Å². The molecule has 1 aliphatic heterocycles. The number of nitrogens with zero attached hydrogens (tertiary/aromatic N) is 1. The Morgan fingerprint density at radius 1 is 1.28 bits per heavy atom. The highest BCUT2D eigenvalue weighted by molar-refractivity contribution is 5.97. The SMILES string of the molecule is COc1ccc(C(=O)N2CCC[C@H](CNC(=O)C(C)C)C2)c(OC)c1. The number of rotatable bonds is 6.